The van der Waals surface area contributed by atoms with Crippen LogP contribution >= 0.6 is 24.0 Å². The van der Waals surface area contributed by atoms with Crippen LogP contribution in [0.5, 0.6) is 0 Å². The topological polar surface area (TPSA) is 96.2 Å². The van der Waals surface area contributed by atoms with Crippen LogP contribution in [0.2, 0.25) is 0 Å². The van der Waals surface area contributed by atoms with Gasteiger partial charge < -0.3 is 19.8 Å². The Bertz CT molecular complexity index is 713. The van der Waals surface area contributed by atoms with Crippen molar-refractivity contribution in [1.29, 1.82) is 0 Å². The Balaban J connectivity index is 0.00000300. The van der Waals surface area contributed by atoms with Gasteiger partial charge in [-0.2, -0.15) is 0 Å². The fourth-order valence-corrected chi connectivity index (χ4v) is 4.65. The summed E-state index contributed by atoms with van der Waals surface area (Å²) >= 11 is 0. The Morgan fingerprint density at radius 2 is 2.10 bits per heavy atom. The van der Waals surface area contributed by atoms with Gasteiger partial charge in [0.25, 0.3) is 0 Å². The van der Waals surface area contributed by atoms with Crippen LogP contribution in [0.15, 0.2) is 27.8 Å². The molecule has 1 unspecified atom stereocenters. The molecule has 3 rings (SSSR count). The third-order valence-electron chi connectivity index (χ3n) is 5.33. The molecular weight excluding hydrogens is 507 g/mol. The van der Waals surface area contributed by atoms with Gasteiger partial charge in [0.05, 0.1) is 18.6 Å². The molecule has 166 valence electrons. The van der Waals surface area contributed by atoms with Crippen LogP contribution in [0.3, 0.4) is 0 Å². The van der Waals surface area contributed by atoms with Crippen LogP contribution in [-0.2, 0) is 21.2 Å². The van der Waals surface area contributed by atoms with Gasteiger partial charge in [0.2, 0.25) is 10.0 Å². The minimum atomic E-state index is -3.10. The van der Waals surface area contributed by atoms with Crippen molar-refractivity contribution in [2.75, 3.05) is 45.1 Å². The van der Waals surface area contributed by atoms with Crippen LogP contribution in [0.1, 0.15) is 31.9 Å². The van der Waals surface area contributed by atoms with E-state index < -0.39 is 10.0 Å². The molecule has 10 heteroatoms. The van der Waals surface area contributed by atoms with Crippen molar-refractivity contribution in [3.63, 3.8) is 0 Å². The summed E-state index contributed by atoms with van der Waals surface area (Å²) < 4.78 is 36.5. The molecule has 0 radical (unpaired) electrons. The second-order valence-electron chi connectivity index (χ2n) is 7.39. The summed E-state index contributed by atoms with van der Waals surface area (Å²) in [6.45, 7) is 5.87. The third kappa shape index (κ3) is 7.72. The largest absolute Gasteiger partial charge is 0.469 e. The maximum Gasteiger partial charge on any atom is 0.213 e. The second-order valence-corrected chi connectivity index (χ2v) is 9.65. The van der Waals surface area contributed by atoms with Crippen molar-refractivity contribution in [3.8, 4) is 0 Å². The van der Waals surface area contributed by atoms with Crippen molar-refractivity contribution in [1.82, 2.24) is 14.9 Å². The Labute approximate surface area is 190 Å². The highest BCUT2D eigenvalue weighted by Crippen LogP contribution is 2.15. The quantitative estimate of drug-likeness (QED) is 0.297. The van der Waals surface area contributed by atoms with Gasteiger partial charge in [0.1, 0.15) is 5.76 Å². The molecule has 8 nitrogen and oxygen atoms in total. The smallest absolute Gasteiger partial charge is 0.213 e. The maximum atomic E-state index is 12.0. The van der Waals surface area contributed by atoms with Crippen molar-refractivity contribution < 1.29 is 17.6 Å². The summed E-state index contributed by atoms with van der Waals surface area (Å²) in [6.07, 6.45) is 5.08. The molecule has 0 spiro atoms. The number of furan rings is 1. The highest BCUT2D eigenvalue weighted by atomic mass is 127. The number of hydrogen-bond acceptors (Lipinski definition) is 5. The summed E-state index contributed by atoms with van der Waals surface area (Å²) in [5.41, 5.74) is 0. The van der Waals surface area contributed by atoms with E-state index in [4.69, 9.17) is 14.1 Å². The molecule has 0 saturated carbocycles. The zero-order chi connectivity index (χ0) is 19.8. The van der Waals surface area contributed by atoms with E-state index in [1.54, 1.807) is 17.5 Å². The number of nitrogens with one attached hydrogen (secondary N) is 2. The zero-order valence-corrected chi connectivity index (χ0v) is 20.2. The van der Waals surface area contributed by atoms with Gasteiger partial charge in [-0.05, 0) is 38.3 Å². The number of halogens is 1. The lowest BCUT2D eigenvalue weighted by Gasteiger charge is -2.32. The minimum Gasteiger partial charge on any atom is -0.469 e. The van der Waals surface area contributed by atoms with E-state index in [1.807, 2.05) is 12.1 Å². The van der Waals surface area contributed by atoms with Gasteiger partial charge in [-0.15, -0.1) is 24.0 Å². The predicted octanol–water partition coefficient (Wildman–Crippen LogP) is 1.83. The molecule has 2 aliphatic rings. The van der Waals surface area contributed by atoms with E-state index in [2.05, 4.69) is 10.6 Å². The maximum absolute atomic E-state index is 12.0. The lowest BCUT2D eigenvalue weighted by Crippen LogP contribution is -2.50. The van der Waals surface area contributed by atoms with Crippen LogP contribution in [0, 0.1) is 5.92 Å². The standard InChI is InChI=1S/C19H32N4O4S.HI/c1-2-28(24,25)23-10-6-17(7-11-23)22-19(21-14-16-8-13-26-15-16)20-9-5-18-4-3-12-27-18;/h3-4,12,16-17H,2,5-11,13-15H2,1H3,(H2,20,21,22);1H. The number of sulfonamides is 1. The Morgan fingerprint density at radius 3 is 2.72 bits per heavy atom. The second kappa shape index (κ2) is 12.1. The third-order valence-corrected chi connectivity index (χ3v) is 7.21. The molecule has 0 bridgehead atoms. The van der Waals surface area contributed by atoms with E-state index in [0.29, 0.717) is 19.0 Å². The minimum absolute atomic E-state index is 0. The fraction of sp³-hybridized carbons (Fsp3) is 0.737. The molecule has 2 saturated heterocycles. The molecule has 2 N–H and O–H groups in total. The molecule has 3 heterocycles. The molecule has 29 heavy (non-hydrogen) atoms. The summed E-state index contributed by atoms with van der Waals surface area (Å²) in [5.74, 6) is 2.36. The normalized spacial score (nSPS) is 21.7. The van der Waals surface area contributed by atoms with Gasteiger partial charge in [-0.1, -0.05) is 0 Å². The van der Waals surface area contributed by atoms with Crippen molar-refractivity contribution in [2.45, 2.75) is 38.6 Å². The summed E-state index contributed by atoms with van der Waals surface area (Å²) in [6, 6.07) is 4.07. The Morgan fingerprint density at radius 1 is 1.31 bits per heavy atom. The molecule has 0 aliphatic carbocycles. The van der Waals surface area contributed by atoms with Crippen molar-refractivity contribution in [3.05, 3.63) is 24.2 Å². The number of ether oxygens (including phenoxy) is 1. The number of nitrogens with zero attached hydrogens (tertiary/aromatic N) is 2. The zero-order valence-electron chi connectivity index (χ0n) is 17.0. The summed E-state index contributed by atoms with van der Waals surface area (Å²) in [7, 11) is -3.10. The highest BCUT2D eigenvalue weighted by molar-refractivity contribution is 14.0. The lowest BCUT2D eigenvalue weighted by atomic mass is 10.1. The van der Waals surface area contributed by atoms with E-state index in [1.165, 1.54) is 0 Å². The van der Waals surface area contributed by atoms with Gasteiger partial charge >= 0.3 is 0 Å². The monoisotopic (exact) mass is 540 g/mol. The first-order valence-electron chi connectivity index (χ1n) is 10.2. The number of rotatable bonds is 8. The fourth-order valence-electron chi connectivity index (χ4n) is 3.51. The number of hydrogen-bond donors (Lipinski definition) is 2. The molecule has 1 aromatic heterocycles. The molecule has 2 aliphatic heterocycles. The number of piperidine rings is 1. The molecular formula is C19H33IN4O4S. The first-order valence-corrected chi connectivity index (χ1v) is 11.8. The van der Waals surface area contributed by atoms with Gasteiger partial charge in [-0.3, -0.25) is 4.99 Å². The molecule has 0 amide bonds. The Hall–Kier alpha value is -0.850. The highest BCUT2D eigenvalue weighted by Gasteiger charge is 2.27. The predicted molar refractivity (Wildman–Crippen MR) is 124 cm³/mol. The molecule has 0 aromatic carbocycles. The van der Waals surface area contributed by atoms with E-state index in [9.17, 15) is 8.42 Å². The van der Waals surface area contributed by atoms with E-state index in [0.717, 1.165) is 63.7 Å². The summed E-state index contributed by atoms with van der Waals surface area (Å²) in [5, 5.41) is 6.88. The van der Waals surface area contributed by atoms with Crippen LogP contribution in [-0.4, -0.2) is 69.9 Å². The first-order chi connectivity index (χ1) is 13.6. The average Bonchev–Trinajstić information content (AvgIpc) is 3.40. The average molecular weight is 540 g/mol. The lowest BCUT2D eigenvalue weighted by molar-refractivity contribution is 0.187. The van der Waals surface area contributed by atoms with Crippen LogP contribution in [0.4, 0.5) is 0 Å². The molecule has 1 atom stereocenters. The van der Waals surface area contributed by atoms with E-state index >= 15 is 0 Å². The van der Waals surface area contributed by atoms with Crippen molar-refractivity contribution >= 4 is 40.0 Å². The Kier molecular flexibility index (Phi) is 10.2. The first kappa shape index (κ1) is 24.4. The number of aliphatic imine (C=N–C) groups is 1. The van der Waals surface area contributed by atoms with Gasteiger partial charge in [-0.25, -0.2) is 12.7 Å². The van der Waals surface area contributed by atoms with Crippen LogP contribution in [0.25, 0.3) is 0 Å². The van der Waals surface area contributed by atoms with Gasteiger partial charge in [0.15, 0.2) is 5.96 Å². The van der Waals surface area contributed by atoms with E-state index in [-0.39, 0.29) is 35.8 Å². The molecule has 1 aromatic rings. The van der Waals surface area contributed by atoms with Crippen molar-refractivity contribution in [2.24, 2.45) is 10.9 Å². The summed E-state index contributed by atoms with van der Waals surface area (Å²) in [4.78, 5) is 4.75. The van der Waals surface area contributed by atoms with Crippen LogP contribution < -0.4 is 10.6 Å². The number of guanidine groups is 1. The SMILES string of the molecule is CCS(=O)(=O)N1CCC(NC(=NCC2CCOC2)NCCc2ccco2)CC1.I. The molecule has 2 fully saturated rings. The van der Waals surface area contributed by atoms with Gasteiger partial charge in [0, 0.05) is 51.2 Å².